The predicted molar refractivity (Wildman–Crippen MR) is 56.3 cm³/mol. The van der Waals surface area contributed by atoms with Crippen LogP contribution in [0.15, 0.2) is 23.9 Å². The Kier molecular flexibility index (Phi) is 2.41. The van der Waals surface area contributed by atoms with E-state index in [1.54, 1.807) is 6.08 Å². The number of hydrogen-bond acceptors (Lipinski definition) is 3. The summed E-state index contributed by atoms with van der Waals surface area (Å²) in [6, 6.07) is 5.63. The number of fused-ring (bicyclic) bond motifs is 1. The van der Waals surface area contributed by atoms with Crippen molar-refractivity contribution in [3.8, 4) is 5.75 Å². The molecule has 0 aliphatic carbocycles. The molecule has 0 saturated heterocycles. The molecule has 0 amide bonds. The van der Waals surface area contributed by atoms with Gasteiger partial charge in [-0.25, -0.2) is 0 Å². The van der Waals surface area contributed by atoms with Crippen molar-refractivity contribution in [2.24, 2.45) is 0 Å². The zero-order valence-corrected chi connectivity index (χ0v) is 8.40. The van der Waals surface area contributed by atoms with Gasteiger partial charge in [-0.05, 0) is 23.3 Å². The van der Waals surface area contributed by atoms with Crippen LogP contribution in [-0.4, -0.2) is 11.5 Å². The summed E-state index contributed by atoms with van der Waals surface area (Å²) in [7, 11) is 0. The van der Waals surface area contributed by atoms with Crippen molar-refractivity contribution in [1.29, 1.82) is 0 Å². The van der Waals surface area contributed by atoms with E-state index in [1.807, 2.05) is 18.2 Å². The average molecular weight is 205 g/mol. The lowest BCUT2D eigenvalue weighted by molar-refractivity contribution is -0.422. The van der Waals surface area contributed by atoms with Gasteiger partial charge >= 0.3 is 0 Å². The molecule has 0 bridgehead atoms. The fourth-order valence-electron chi connectivity index (χ4n) is 1.59. The molecule has 0 atom stereocenters. The Hall–Kier alpha value is -1.84. The second-order valence-corrected chi connectivity index (χ2v) is 3.51. The Morgan fingerprint density at radius 2 is 2.40 bits per heavy atom. The highest BCUT2D eigenvalue weighted by Gasteiger charge is 2.12. The summed E-state index contributed by atoms with van der Waals surface area (Å²) >= 11 is 0. The Morgan fingerprint density at radius 1 is 1.60 bits per heavy atom. The molecule has 78 valence electrons. The summed E-state index contributed by atoms with van der Waals surface area (Å²) in [5.41, 5.74) is 2.13. The average Bonchev–Trinajstić information content (AvgIpc) is 2.64. The molecule has 0 spiro atoms. The molecule has 1 aromatic rings. The first-order valence-electron chi connectivity index (χ1n) is 4.75. The van der Waals surface area contributed by atoms with E-state index in [9.17, 15) is 10.1 Å². The van der Waals surface area contributed by atoms with Gasteiger partial charge in [0, 0.05) is 19.4 Å². The highest BCUT2D eigenvalue weighted by molar-refractivity contribution is 5.55. The molecule has 0 radical (unpaired) electrons. The Morgan fingerprint density at radius 3 is 3.13 bits per heavy atom. The largest absolute Gasteiger partial charge is 0.493 e. The number of hydrogen-bond donors (Lipinski definition) is 0. The van der Waals surface area contributed by atoms with Gasteiger partial charge in [-0.1, -0.05) is 6.07 Å². The molecule has 4 heteroatoms. The first kappa shape index (κ1) is 9.71. The van der Waals surface area contributed by atoms with Gasteiger partial charge in [0.15, 0.2) is 0 Å². The van der Waals surface area contributed by atoms with Crippen LogP contribution in [-0.2, 0) is 6.42 Å². The van der Waals surface area contributed by atoms with E-state index >= 15 is 0 Å². The van der Waals surface area contributed by atoms with E-state index in [4.69, 9.17) is 4.74 Å². The lowest BCUT2D eigenvalue weighted by Crippen LogP contribution is -1.93. The third kappa shape index (κ3) is 1.98. The van der Waals surface area contributed by atoms with Crippen molar-refractivity contribution in [3.63, 3.8) is 0 Å². The van der Waals surface area contributed by atoms with Gasteiger partial charge in [0.05, 0.1) is 11.5 Å². The monoisotopic (exact) mass is 205 g/mol. The van der Waals surface area contributed by atoms with Gasteiger partial charge in [-0.15, -0.1) is 0 Å². The maximum Gasteiger partial charge on any atom is 0.243 e. The summed E-state index contributed by atoms with van der Waals surface area (Å²) < 4.78 is 5.35. The molecule has 15 heavy (non-hydrogen) atoms. The molecule has 0 fully saturated rings. The van der Waals surface area contributed by atoms with Crippen molar-refractivity contribution in [2.75, 3.05) is 6.61 Å². The van der Waals surface area contributed by atoms with Gasteiger partial charge in [0.2, 0.25) is 5.70 Å². The molecule has 0 N–H and O–H groups in total. The van der Waals surface area contributed by atoms with Crippen LogP contribution in [0.1, 0.15) is 18.1 Å². The topological polar surface area (TPSA) is 52.4 Å². The van der Waals surface area contributed by atoms with Gasteiger partial charge in [0.1, 0.15) is 5.75 Å². The van der Waals surface area contributed by atoms with Crippen molar-refractivity contribution < 1.29 is 9.66 Å². The molecule has 1 aromatic carbocycles. The zero-order chi connectivity index (χ0) is 10.8. The Bertz CT molecular complexity index is 437. The van der Waals surface area contributed by atoms with Crippen LogP contribution >= 0.6 is 0 Å². The van der Waals surface area contributed by atoms with Crippen LogP contribution in [0.4, 0.5) is 0 Å². The number of rotatable bonds is 2. The third-order valence-corrected chi connectivity index (χ3v) is 2.38. The van der Waals surface area contributed by atoms with Crippen LogP contribution in [0, 0.1) is 10.1 Å². The van der Waals surface area contributed by atoms with Crippen LogP contribution in [0.5, 0.6) is 5.75 Å². The summed E-state index contributed by atoms with van der Waals surface area (Å²) in [4.78, 5) is 10.1. The van der Waals surface area contributed by atoms with E-state index in [0.717, 1.165) is 23.3 Å². The van der Waals surface area contributed by atoms with Crippen LogP contribution in [0.2, 0.25) is 0 Å². The van der Waals surface area contributed by atoms with E-state index in [2.05, 4.69) is 0 Å². The standard InChI is InChI=1S/C11H11NO3/c1-8(12(13)14)6-9-2-3-11-10(7-9)4-5-15-11/h2-3,6-7H,4-5H2,1H3/b8-6-. The number of nitrogens with zero attached hydrogens (tertiary/aromatic N) is 1. The quantitative estimate of drug-likeness (QED) is 0.549. The van der Waals surface area contributed by atoms with E-state index in [1.165, 1.54) is 6.92 Å². The maximum absolute atomic E-state index is 10.4. The van der Waals surface area contributed by atoms with E-state index in [0.29, 0.717) is 6.61 Å². The minimum atomic E-state index is -0.385. The van der Waals surface area contributed by atoms with Gasteiger partial charge in [0.25, 0.3) is 0 Å². The minimum absolute atomic E-state index is 0.147. The van der Waals surface area contributed by atoms with Crippen LogP contribution in [0.3, 0.4) is 0 Å². The molecule has 0 saturated carbocycles. The number of benzene rings is 1. The highest BCUT2D eigenvalue weighted by Crippen LogP contribution is 2.26. The molecule has 1 heterocycles. The van der Waals surface area contributed by atoms with Gasteiger partial charge < -0.3 is 4.74 Å². The summed E-state index contributed by atoms with van der Waals surface area (Å²) in [5, 5.41) is 10.4. The normalized spacial score (nSPS) is 14.6. The maximum atomic E-state index is 10.4. The number of nitro groups is 1. The van der Waals surface area contributed by atoms with Crippen LogP contribution in [0.25, 0.3) is 6.08 Å². The molecular formula is C11H11NO3. The highest BCUT2D eigenvalue weighted by atomic mass is 16.6. The molecule has 1 aliphatic heterocycles. The zero-order valence-electron chi connectivity index (χ0n) is 8.40. The summed E-state index contributed by atoms with van der Waals surface area (Å²) in [5.74, 6) is 0.894. The van der Waals surface area contributed by atoms with E-state index < -0.39 is 0 Å². The molecule has 1 aliphatic rings. The second kappa shape index (κ2) is 3.73. The van der Waals surface area contributed by atoms with Gasteiger partial charge in [-0.3, -0.25) is 10.1 Å². The number of ether oxygens (including phenoxy) is 1. The van der Waals surface area contributed by atoms with Crippen LogP contribution < -0.4 is 4.74 Å². The van der Waals surface area contributed by atoms with Crippen molar-refractivity contribution in [2.45, 2.75) is 13.3 Å². The number of allylic oxidation sites excluding steroid dienone is 1. The molecule has 4 nitrogen and oxygen atoms in total. The Labute approximate surface area is 87.3 Å². The van der Waals surface area contributed by atoms with Gasteiger partial charge in [-0.2, -0.15) is 0 Å². The fraction of sp³-hybridized carbons (Fsp3) is 0.273. The molecule has 2 rings (SSSR count). The molecule has 0 unspecified atom stereocenters. The summed E-state index contributed by atoms with van der Waals surface area (Å²) in [6.45, 7) is 2.19. The van der Waals surface area contributed by atoms with Crippen molar-refractivity contribution in [1.82, 2.24) is 0 Å². The second-order valence-electron chi connectivity index (χ2n) is 3.51. The third-order valence-electron chi connectivity index (χ3n) is 2.38. The molecular weight excluding hydrogens is 194 g/mol. The predicted octanol–water partition coefficient (Wildman–Crippen LogP) is 2.26. The minimum Gasteiger partial charge on any atom is -0.493 e. The summed E-state index contributed by atoms with van der Waals surface area (Å²) in [6.07, 6.45) is 2.45. The first-order chi connectivity index (χ1) is 7.16. The van der Waals surface area contributed by atoms with Crippen molar-refractivity contribution >= 4 is 6.08 Å². The van der Waals surface area contributed by atoms with Crippen molar-refractivity contribution in [3.05, 3.63) is 45.1 Å². The first-order valence-corrected chi connectivity index (χ1v) is 4.75. The molecule has 0 aromatic heterocycles. The fourth-order valence-corrected chi connectivity index (χ4v) is 1.59. The lowest BCUT2D eigenvalue weighted by Gasteiger charge is -1.99. The Balaban J connectivity index is 2.31. The lowest BCUT2D eigenvalue weighted by atomic mass is 10.1. The smallest absolute Gasteiger partial charge is 0.243 e. The van der Waals surface area contributed by atoms with E-state index in [-0.39, 0.29) is 10.6 Å². The SMILES string of the molecule is C/C(=C/c1ccc2c(c1)CCO2)[N+](=O)[O-].